The molecule has 0 unspecified atom stereocenters. The summed E-state index contributed by atoms with van der Waals surface area (Å²) in [6, 6.07) is 0. The SMILES string of the molecule is C=CCN(CC=C)NC(=O)C=C. The average Bonchev–Trinajstić information content (AvgIpc) is 2.05. The number of carbonyl (C=O) groups excluding carboxylic acids is 1. The van der Waals surface area contributed by atoms with Crippen LogP contribution in [0.15, 0.2) is 38.0 Å². The first-order chi connectivity index (χ1) is 5.74. The average molecular weight is 166 g/mol. The van der Waals surface area contributed by atoms with Crippen LogP contribution in [0.2, 0.25) is 0 Å². The van der Waals surface area contributed by atoms with E-state index in [1.54, 1.807) is 17.2 Å². The summed E-state index contributed by atoms with van der Waals surface area (Å²) in [5, 5.41) is 1.68. The summed E-state index contributed by atoms with van der Waals surface area (Å²) >= 11 is 0. The maximum Gasteiger partial charge on any atom is 0.257 e. The topological polar surface area (TPSA) is 32.3 Å². The van der Waals surface area contributed by atoms with Crippen LogP contribution in [0.25, 0.3) is 0 Å². The van der Waals surface area contributed by atoms with E-state index < -0.39 is 0 Å². The first-order valence-electron chi connectivity index (χ1n) is 3.64. The number of rotatable bonds is 6. The van der Waals surface area contributed by atoms with Crippen molar-refractivity contribution in [1.82, 2.24) is 10.4 Å². The zero-order chi connectivity index (χ0) is 9.40. The van der Waals surface area contributed by atoms with Gasteiger partial charge >= 0.3 is 0 Å². The van der Waals surface area contributed by atoms with Gasteiger partial charge in [0.25, 0.3) is 5.91 Å². The fraction of sp³-hybridized carbons (Fsp3) is 0.222. The molecule has 0 atom stereocenters. The smallest absolute Gasteiger partial charge is 0.257 e. The Morgan fingerprint density at radius 2 is 1.75 bits per heavy atom. The molecule has 0 aromatic heterocycles. The molecule has 0 aliphatic rings. The van der Waals surface area contributed by atoms with E-state index >= 15 is 0 Å². The molecule has 1 amide bonds. The van der Waals surface area contributed by atoms with Crippen molar-refractivity contribution in [1.29, 1.82) is 0 Å². The number of hydrogen-bond acceptors (Lipinski definition) is 2. The standard InChI is InChI=1S/C9H14N2O/c1-4-7-11(8-5-2)10-9(12)6-3/h4-6H,1-3,7-8H2,(H,10,12). The van der Waals surface area contributed by atoms with Crippen molar-refractivity contribution in [2.24, 2.45) is 0 Å². The number of hydrogen-bond donors (Lipinski definition) is 1. The molecular weight excluding hydrogens is 152 g/mol. The number of amides is 1. The summed E-state index contributed by atoms with van der Waals surface area (Å²) in [6.45, 7) is 11.6. The fourth-order valence-corrected chi connectivity index (χ4v) is 0.679. The molecule has 0 radical (unpaired) electrons. The van der Waals surface area contributed by atoms with E-state index in [9.17, 15) is 4.79 Å². The Morgan fingerprint density at radius 3 is 2.08 bits per heavy atom. The molecule has 1 N–H and O–H groups in total. The summed E-state index contributed by atoms with van der Waals surface area (Å²) in [6.07, 6.45) is 4.62. The Hall–Kier alpha value is -1.35. The minimum absolute atomic E-state index is 0.223. The third-order valence-electron chi connectivity index (χ3n) is 1.15. The van der Waals surface area contributed by atoms with Crippen molar-refractivity contribution < 1.29 is 4.79 Å². The molecule has 0 aliphatic carbocycles. The Labute approximate surface area is 73.0 Å². The monoisotopic (exact) mass is 166 g/mol. The number of hydrazine groups is 1. The van der Waals surface area contributed by atoms with Gasteiger partial charge in [0, 0.05) is 13.1 Å². The second-order valence-electron chi connectivity index (χ2n) is 2.16. The molecule has 12 heavy (non-hydrogen) atoms. The zero-order valence-electron chi connectivity index (χ0n) is 7.12. The fourth-order valence-electron chi connectivity index (χ4n) is 0.679. The third kappa shape index (κ3) is 4.46. The van der Waals surface area contributed by atoms with E-state index in [4.69, 9.17) is 0 Å². The summed E-state index contributed by atoms with van der Waals surface area (Å²) in [4.78, 5) is 10.8. The van der Waals surface area contributed by atoms with Gasteiger partial charge in [0.2, 0.25) is 0 Å². The molecule has 0 bridgehead atoms. The Balaban J connectivity index is 3.91. The van der Waals surface area contributed by atoms with Crippen molar-refractivity contribution in [2.45, 2.75) is 0 Å². The molecular formula is C9H14N2O. The summed E-state index contributed by atoms with van der Waals surface area (Å²) in [7, 11) is 0. The molecule has 0 aliphatic heterocycles. The lowest BCUT2D eigenvalue weighted by Gasteiger charge is -2.18. The Kier molecular flexibility index (Phi) is 5.65. The lowest BCUT2D eigenvalue weighted by Crippen LogP contribution is -2.41. The van der Waals surface area contributed by atoms with Gasteiger partial charge in [0.15, 0.2) is 0 Å². The first kappa shape index (κ1) is 10.7. The van der Waals surface area contributed by atoms with Gasteiger partial charge in [-0.25, -0.2) is 5.01 Å². The summed E-state index contributed by atoms with van der Waals surface area (Å²) in [5.74, 6) is -0.223. The van der Waals surface area contributed by atoms with Crippen LogP contribution in [0.1, 0.15) is 0 Å². The highest BCUT2D eigenvalue weighted by Gasteiger charge is 2.01. The van der Waals surface area contributed by atoms with Crippen LogP contribution < -0.4 is 5.43 Å². The summed E-state index contributed by atoms with van der Waals surface area (Å²) in [5.41, 5.74) is 2.60. The van der Waals surface area contributed by atoms with Gasteiger partial charge in [0.1, 0.15) is 0 Å². The largest absolute Gasteiger partial charge is 0.285 e. The molecule has 0 saturated heterocycles. The van der Waals surface area contributed by atoms with Crippen molar-refractivity contribution in [3.63, 3.8) is 0 Å². The molecule has 3 nitrogen and oxygen atoms in total. The highest BCUT2D eigenvalue weighted by atomic mass is 16.2. The molecule has 0 spiro atoms. The molecule has 0 rings (SSSR count). The van der Waals surface area contributed by atoms with Crippen molar-refractivity contribution in [2.75, 3.05) is 13.1 Å². The van der Waals surface area contributed by atoms with E-state index in [0.29, 0.717) is 13.1 Å². The number of nitrogens with zero attached hydrogens (tertiary/aromatic N) is 1. The van der Waals surface area contributed by atoms with E-state index in [1.165, 1.54) is 6.08 Å². The van der Waals surface area contributed by atoms with Crippen molar-refractivity contribution in [3.8, 4) is 0 Å². The quantitative estimate of drug-likeness (QED) is 0.361. The second-order valence-corrected chi connectivity index (χ2v) is 2.16. The normalized spacial score (nSPS) is 9.08. The van der Waals surface area contributed by atoms with Gasteiger partial charge in [-0.2, -0.15) is 0 Å². The van der Waals surface area contributed by atoms with Crippen molar-refractivity contribution >= 4 is 5.91 Å². The predicted octanol–water partition coefficient (Wildman–Crippen LogP) is 0.878. The van der Waals surface area contributed by atoms with Gasteiger partial charge in [-0.05, 0) is 6.08 Å². The Morgan fingerprint density at radius 1 is 1.25 bits per heavy atom. The van der Waals surface area contributed by atoms with Gasteiger partial charge in [0.05, 0.1) is 0 Å². The van der Waals surface area contributed by atoms with Gasteiger partial charge in [-0.1, -0.05) is 18.7 Å². The second kappa shape index (κ2) is 6.37. The molecule has 3 heteroatoms. The van der Waals surface area contributed by atoms with Crippen LogP contribution in [0, 0.1) is 0 Å². The molecule has 0 saturated carbocycles. The third-order valence-corrected chi connectivity index (χ3v) is 1.15. The molecule has 66 valence electrons. The van der Waals surface area contributed by atoms with E-state index in [0.717, 1.165) is 0 Å². The van der Waals surface area contributed by atoms with Gasteiger partial charge in [-0.15, -0.1) is 13.2 Å². The van der Waals surface area contributed by atoms with Crippen LogP contribution in [0.3, 0.4) is 0 Å². The molecule has 0 aromatic rings. The zero-order valence-corrected chi connectivity index (χ0v) is 7.12. The maximum atomic E-state index is 10.8. The molecule has 0 aromatic carbocycles. The molecule has 0 fully saturated rings. The van der Waals surface area contributed by atoms with E-state index in [-0.39, 0.29) is 5.91 Å². The minimum Gasteiger partial charge on any atom is -0.285 e. The number of nitrogens with one attached hydrogen (secondary N) is 1. The van der Waals surface area contributed by atoms with Gasteiger partial charge < -0.3 is 0 Å². The minimum atomic E-state index is -0.223. The van der Waals surface area contributed by atoms with Crippen LogP contribution >= 0.6 is 0 Å². The highest BCUT2D eigenvalue weighted by molar-refractivity contribution is 5.86. The summed E-state index contributed by atoms with van der Waals surface area (Å²) < 4.78 is 0. The van der Waals surface area contributed by atoms with Crippen LogP contribution in [-0.2, 0) is 4.79 Å². The lowest BCUT2D eigenvalue weighted by atomic mass is 10.5. The predicted molar refractivity (Wildman–Crippen MR) is 50.3 cm³/mol. The first-order valence-corrected chi connectivity index (χ1v) is 3.64. The van der Waals surface area contributed by atoms with Crippen LogP contribution in [0.4, 0.5) is 0 Å². The molecule has 0 heterocycles. The van der Waals surface area contributed by atoms with Gasteiger partial charge in [-0.3, -0.25) is 10.2 Å². The lowest BCUT2D eigenvalue weighted by molar-refractivity contribution is -0.120. The van der Waals surface area contributed by atoms with Crippen LogP contribution in [-0.4, -0.2) is 24.0 Å². The maximum absolute atomic E-state index is 10.8. The van der Waals surface area contributed by atoms with E-state index in [2.05, 4.69) is 25.2 Å². The van der Waals surface area contributed by atoms with E-state index in [1.807, 2.05) is 0 Å². The van der Waals surface area contributed by atoms with Crippen molar-refractivity contribution in [3.05, 3.63) is 38.0 Å². The highest BCUT2D eigenvalue weighted by Crippen LogP contribution is 1.83. The Bertz CT molecular complexity index is 177. The number of carbonyl (C=O) groups is 1. The van der Waals surface area contributed by atoms with Crippen LogP contribution in [0.5, 0.6) is 0 Å².